The van der Waals surface area contributed by atoms with Gasteiger partial charge in [0.2, 0.25) is 5.82 Å². The Morgan fingerprint density at radius 1 is 1.45 bits per heavy atom. The van der Waals surface area contributed by atoms with Crippen molar-refractivity contribution in [3.05, 3.63) is 21.7 Å². The maximum absolute atomic E-state index is 11.1. The van der Waals surface area contributed by atoms with Gasteiger partial charge >= 0.3 is 5.82 Å². The van der Waals surface area contributed by atoms with Crippen molar-refractivity contribution in [3.63, 3.8) is 0 Å². The third kappa shape index (κ3) is 3.63. The van der Waals surface area contributed by atoms with Crippen LogP contribution < -0.4 is 5.32 Å². The van der Waals surface area contributed by atoms with Crippen LogP contribution >= 0.6 is 23.1 Å². The van der Waals surface area contributed by atoms with E-state index in [1.165, 1.54) is 34.3 Å². The van der Waals surface area contributed by atoms with Crippen molar-refractivity contribution >= 4 is 39.7 Å². The second kappa shape index (κ2) is 7.49. The van der Waals surface area contributed by atoms with Crippen LogP contribution in [0.1, 0.15) is 25.7 Å². The summed E-state index contributed by atoms with van der Waals surface area (Å²) in [7, 11) is 0. The summed E-state index contributed by atoms with van der Waals surface area (Å²) in [6.07, 6.45) is 8.40. The van der Waals surface area contributed by atoms with Crippen molar-refractivity contribution in [1.82, 2.24) is 9.38 Å². The van der Waals surface area contributed by atoms with Crippen LogP contribution in [0.4, 0.5) is 11.6 Å². The zero-order valence-corrected chi connectivity index (χ0v) is 13.0. The van der Waals surface area contributed by atoms with Crippen LogP contribution in [0.3, 0.4) is 0 Å². The lowest BCUT2D eigenvalue weighted by molar-refractivity contribution is -0.389. The minimum absolute atomic E-state index is 0.0311. The molecule has 0 spiro atoms. The lowest BCUT2D eigenvalue weighted by Crippen LogP contribution is -2.04. The van der Waals surface area contributed by atoms with Gasteiger partial charge in [0.1, 0.15) is 6.20 Å². The molecule has 0 amide bonds. The molecule has 0 saturated carbocycles. The predicted octanol–water partition coefficient (Wildman–Crippen LogP) is 3.64. The number of unbranched alkanes of at least 4 members (excludes halogenated alkanes) is 3. The Balaban J connectivity index is 1.85. The van der Waals surface area contributed by atoms with E-state index in [1.807, 2.05) is 11.8 Å². The van der Waals surface area contributed by atoms with Crippen LogP contribution in [0, 0.1) is 10.1 Å². The molecule has 0 radical (unpaired) electrons. The smallest absolute Gasteiger partial charge is 0.363 e. The molecule has 20 heavy (non-hydrogen) atoms. The molecular weight excluding hydrogens is 296 g/mol. The fourth-order valence-corrected chi connectivity index (χ4v) is 3.20. The first-order valence-corrected chi connectivity index (χ1v) is 8.84. The lowest BCUT2D eigenvalue weighted by Gasteiger charge is -2.03. The summed E-state index contributed by atoms with van der Waals surface area (Å²) in [5.74, 6) is 1.62. The molecule has 2 heterocycles. The highest BCUT2D eigenvalue weighted by molar-refractivity contribution is 7.98. The van der Waals surface area contributed by atoms with Gasteiger partial charge in [0.25, 0.3) is 4.96 Å². The summed E-state index contributed by atoms with van der Waals surface area (Å²) in [4.78, 5) is 15.6. The van der Waals surface area contributed by atoms with Gasteiger partial charge in [0, 0.05) is 11.9 Å². The van der Waals surface area contributed by atoms with Crippen LogP contribution in [-0.2, 0) is 0 Å². The van der Waals surface area contributed by atoms with E-state index < -0.39 is 0 Å². The third-order valence-corrected chi connectivity index (χ3v) is 4.43. The monoisotopic (exact) mass is 314 g/mol. The number of nitro groups is 1. The van der Waals surface area contributed by atoms with E-state index in [1.54, 1.807) is 11.6 Å². The molecule has 0 aliphatic rings. The average Bonchev–Trinajstić information content (AvgIpc) is 2.97. The molecule has 2 aromatic rings. The summed E-state index contributed by atoms with van der Waals surface area (Å²) in [6, 6.07) is 0. The minimum atomic E-state index is -0.381. The number of thioether (sulfide) groups is 1. The van der Waals surface area contributed by atoms with Gasteiger partial charge in [-0.1, -0.05) is 24.2 Å². The topological polar surface area (TPSA) is 72.5 Å². The minimum Gasteiger partial charge on any atom is -0.363 e. The highest BCUT2D eigenvalue weighted by atomic mass is 32.2. The SMILES string of the molecule is CSCCCCCCNc1nc2sccn2c1[N+](=O)[O-]. The summed E-state index contributed by atoms with van der Waals surface area (Å²) in [5.41, 5.74) is 0. The molecule has 2 aromatic heterocycles. The van der Waals surface area contributed by atoms with Crippen molar-refractivity contribution in [2.75, 3.05) is 23.9 Å². The van der Waals surface area contributed by atoms with Crippen LogP contribution in [0.5, 0.6) is 0 Å². The number of aromatic nitrogens is 2. The predicted molar refractivity (Wildman–Crippen MR) is 85.1 cm³/mol. The fraction of sp³-hybridized carbons (Fsp3) is 0.583. The number of rotatable bonds is 9. The molecule has 0 fully saturated rings. The first-order valence-electron chi connectivity index (χ1n) is 6.57. The van der Waals surface area contributed by atoms with Gasteiger partial charge in [0.05, 0.1) is 0 Å². The molecule has 0 aromatic carbocycles. The Hall–Kier alpha value is -1.28. The standard InChI is InChI=1S/C12H18N4O2S2/c1-19-8-5-3-2-4-6-13-10-11(16(17)18)15-7-9-20-12(15)14-10/h7,9,13H,2-6,8H2,1H3. The first-order chi connectivity index (χ1) is 9.74. The first kappa shape index (κ1) is 15.1. The number of imidazole rings is 1. The number of hydrogen-bond acceptors (Lipinski definition) is 6. The molecule has 0 aliphatic carbocycles. The van der Waals surface area contributed by atoms with Crippen molar-refractivity contribution in [2.24, 2.45) is 0 Å². The Morgan fingerprint density at radius 2 is 2.25 bits per heavy atom. The molecule has 0 saturated heterocycles. The third-order valence-electron chi connectivity index (χ3n) is 2.98. The number of fused-ring (bicyclic) bond motifs is 1. The van der Waals surface area contributed by atoms with E-state index >= 15 is 0 Å². The maximum Gasteiger partial charge on any atom is 0.372 e. The number of nitrogens with one attached hydrogen (secondary N) is 1. The van der Waals surface area contributed by atoms with E-state index in [9.17, 15) is 10.1 Å². The summed E-state index contributed by atoms with van der Waals surface area (Å²) >= 11 is 3.27. The van der Waals surface area contributed by atoms with Crippen molar-refractivity contribution in [2.45, 2.75) is 25.7 Å². The zero-order chi connectivity index (χ0) is 14.4. The van der Waals surface area contributed by atoms with Gasteiger partial charge in [-0.25, -0.2) is 0 Å². The van der Waals surface area contributed by atoms with Gasteiger partial charge in [-0.15, -0.1) is 0 Å². The number of thiazole rings is 1. The highest BCUT2D eigenvalue weighted by Crippen LogP contribution is 2.27. The van der Waals surface area contributed by atoms with Gasteiger partial charge in [-0.2, -0.15) is 21.1 Å². The normalized spacial score (nSPS) is 11.1. The van der Waals surface area contributed by atoms with E-state index in [-0.39, 0.29) is 10.7 Å². The van der Waals surface area contributed by atoms with Crippen LogP contribution in [0.25, 0.3) is 4.96 Å². The van der Waals surface area contributed by atoms with E-state index in [4.69, 9.17) is 0 Å². The summed E-state index contributed by atoms with van der Waals surface area (Å²) in [6.45, 7) is 0.727. The van der Waals surface area contributed by atoms with Gasteiger partial charge in [-0.05, 0) is 29.8 Å². The van der Waals surface area contributed by atoms with E-state index in [0.717, 1.165) is 19.4 Å². The number of anilines is 1. The molecule has 0 atom stereocenters. The molecule has 110 valence electrons. The van der Waals surface area contributed by atoms with E-state index in [2.05, 4.69) is 16.6 Å². The quantitative estimate of drug-likeness (QED) is 0.434. The van der Waals surface area contributed by atoms with Gasteiger partial charge in [0.15, 0.2) is 0 Å². The van der Waals surface area contributed by atoms with Gasteiger partial charge < -0.3 is 15.4 Å². The second-order valence-corrected chi connectivity index (χ2v) is 6.29. The molecule has 1 N–H and O–H groups in total. The zero-order valence-electron chi connectivity index (χ0n) is 11.4. The molecule has 2 rings (SSSR count). The Labute approximate surface area is 125 Å². The van der Waals surface area contributed by atoms with Crippen LogP contribution in [0.2, 0.25) is 0 Å². The highest BCUT2D eigenvalue weighted by Gasteiger charge is 2.22. The molecule has 0 aliphatic heterocycles. The van der Waals surface area contributed by atoms with Crippen molar-refractivity contribution in [1.29, 1.82) is 0 Å². The summed E-state index contributed by atoms with van der Waals surface area (Å²) in [5, 5.41) is 16.0. The largest absolute Gasteiger partial charge is 0.372 e. The van der Waals surface area contributed by atoms with E-state index in [0.29, 0.717) is 10.8 Å². The Kier molecular flexibility index (Phi) is 5.66. The second-order valence-electron chi connectivity index (χ2n) is 4.43. The van der Waals surface area contributed by atoms with Crippen LogP contribution in [0.15, 0.2) is 11.6 Å². The number of nitrogens with zero attached hydrogens (tertiary/aromatic N) is 3. The van der Waals surface area contributed by atoms with Crippen molar-refractivity contribution in [3.8, 4) is 0 Å². The lowest BCUT2D eigenvalue weighted by atomic mass is 10.2. The molecule has 8 heteroatoms. The average molecular weight is 314 g/mol. The Morgan fingerprint density at radius 3 is 3.00 bits per heavy atom. The number of hydrogen-bond donors (Lipinski definition) is 1. The molecule has 0 bridgehead atoms. The molecule has 0 unspecified atom stereocenters. The maximum atomic E-state index is 11.1. The van der Waals surface area contributed by atoms with Crippen molar-refractivity contribution < 1.29 is 4.92 Å². The Bertz CT molecular complexity index is 567. The fourth-order valence-electron chi connectivity index (χ4n) is 2.00. The van der Waals surface area contributed by atoms with Crippen LogP contribution in [-0.4, -0.2) is 32.9 Å². The molecule has 6 nitrogen and oxygen atoms in total. The summed E-state index contributed by atoms with van der Waals surface area (Å²) < 4.78 is 1.52. The van der Waals surface area contributed by atoms with Gasteiger partial charge in [-0.3, -0.25) is 0 Å². The molecular formula is C12H18N4O2S2.